The largest absolute Gasteiger partial charge is 0.481 e. The molecule has 1 fully saturated rings. The minimum atomic E-state index is -0.518. The van der Waals surface area contributed by atoms with Crippen LogP contribution < -0.4 is 20.7 Å². The first-order chi connectivity index (χ1) is 12.1. The fraction of sp³-hybridized carbons (Fsp3) is 0.222. The number of urea groups is 1. The molecule has 25 heavy (non-hydrogen) atoms. The first-order valence-corrected chi connectivity index (χ1v) is 7.95. The van der Waals surface area contributed by atoms with Crippen molar-refractivity contribution in [2.24, 2.45) is 0 Å². The van der Waals surface area contributed by atoms with Gasteiger partial charge < -0.3 is 20.7 Å². The van der Waals surface area contributed by atoms with E-state index in [9.17, 15) is 14.0 Å². The molecule has 0 aromatic heterocycles. The second-order valence-electron chi connectivity index (χ2n) is 5.72. The SMILES string of the molecule is O=C(COc1ccccc1F)Nc1ccc(NC(=O)NC2CC2)cc1. The van der Waals surface area contributed by atoms with Gasteiger partial charge in [0.15, 0.2) is 18.2 Å². The van der Waals surface area contributed by atoms with Gasteiger partial charge in [-0.2, -0.15) is 0 Å². The number of nitrogens with one attached hydrogen (secondary N) is 3. The first-order valence-electron chi connectivity index (χ1n) is 7.95. The molecule has 3 amide bonds. The lowest BCUT2D eigenvalue weighted by atomic mass is 10.3. The Hall–Kier alpha value is -3.09. The maximum absolute atomic E-state index is 13.4. The van der Waals surface area contributed by atoms with E-state index in [1.54, 1.807) is 36.4 Å². The van der Waals surface area contributed by atoms with Crippen LogP contribution in [0, 0.1) is 5.82 Å². The molecular formula is C18H18FN3O3. The number of hydrogen-bond acceptors (Lipinski definition) is 3. The molecular weight excluding hydrogens is 325 g/mol. The number of benzene rings is 2. The lowest BCUT2D eigenvalue weighted by molar-refractivity contribution is -0.118. The average Bonchev–Trinajstić information content (AvgIpc) is 3.40. The minimum absolute atomic E-state index is 0.0267. The summed E-state index contributed by atoms with van der Waals surface area (Å²) >= 11 is 0. The highest BCUT2D eigenvalue weighted by Crippen LogP contribution is 2.19. The minimum Gasteiger partial charge on any atom is -0.481 e. The van der Waals surface area contributed by atoms with Gasteiger partial charge in [0, 0.05) is 17.4 Å². The van der Waals surface area contributed by atoms with E-state index in [1.807, 2.05) is 0 Å². The molecule has 3 N–H and O–H groups in total. The Kier molecular flexibility index (Phi) is 5.13. The van der Waals surface area contributed by atoms with E-state index in [0.29, 0.717) is 11.4 Å². The van der Waals surface area contributed by atoms with Crippen LogP contribution in [0.4, 0.5) is 20.6 Å². The fourth-order valence-electron chi connectivity index (χ4n) is 2.12. The van der Waals surface area contributed by atoms with Crippen LogP contribution in [0.15, 0.2) is 48.5 Å². The molecule has 1 saturated carbocycles. The zero-order valence-corrected chi connectivity index (χ0v) is 13.4. The summed E-state index contributed by atoms with van der Waals surface area (Å²) in [5.74, 6) is -0.899. The molecule has 0 heterocycles. The maximum atomic E-state index is 13.4. The van der Waals surface area contributed by atoms with Crippen LogP contribution in [-0.2, 0) is 4.79 Å². The topological polar surface area (TPSA) is 79.5 Å². The highest BCUT2D eigenvalue weighted by atomic mass is 19.1. The highest BCUT2D eigenvalue weighted by Gasteiger charge is 2.23. The predicted molar refractivity (Wildman–Crippen MR) is 92.1 cm³/mol. The number of carbonyl (C=O) groups excluding carboxylic acids is 2. The van der Waals surface area contributed by atoms with Crippen molar-refractivity contribution in [2.75, 3.05) is 17.2 Å². The van der Waals surface area contributed by atoms with E-state index < -0.39 is 11.7 Å². The van der Waals surface area contributed by atoms with Crippen LogP contribution in [0.2, 0.25) is 0 Å². The number of amides is 3. The van der Waals surface area contributed by atoms with Gasteiger partial charge in [-0.1, -0.05) is 12.1 Å². The fourth-order valence-corrected chi connectivity index (χ4v) is 2.12. The van der Waals surface area contributed by atoms with Crippen molar-refractivity contribution in [1.29, 1.82) is 0 Å². The van der Waals surface area contributed by atoms with Gasteiger partial charge in [0.2, 0.25) is 0 Å². The van der Waals surface area contributed by atoms with Crippen molar-refractivity contribution in [1.82, 2.24) is 5.32 Å². The quantitative estimate of drug-likeness (QED) is 0.754. The Morgan fingerprint density at radius 2 is 1.64 bits per heavy atom. The summed E-state index contributed by atoms with van der Waals surface area (Å²) in [4.78, 5) is 23.5. The van der Waals surface area contributed by atoms with Crippen LogP contribution in [0.1, 0.15) is 12.8 Å². The zero-order valence-electron chi connectivity index (χ0n) is 13.4. The zero-order chi connectivity index (χ0) is 17.6. The van der Waals surface area contributed by atoms with Gasteiger partial charge >= 0.3 is 6.03 Å². The van der Waals surface area contributed by atoms with Crippen molar-refractivity contribution < 1.29 is 18.7 Å². The van der Waals surface area contributed by atoms with Crippen LogP contribution in [0.3, 0.4) is 0 Å². The number of rotatable bonds is 6. The molecule has 7 heteroatoms. The number of hydrogen-bond donors (Lipinski definition) is 3. The summed E-state index contributed by atoms with van der Waals surface area (Å²) < 4.78 is 18.5. The van der Waals surface area contributed by atoms with Gasteiger partial charge in [-0.15, -0.1) is 0 Å². The van der Waals surface area contributed by atoms with Crippen molar-refractivity contribution >= 4 is 23.3 Å². The van der Waals surface area contributed by atoms with Crippen LogP contribution in [0.5, 0.6) is 5.75 Å². The molecule has 1 aliphatic carbocycles. The molecule has 6 nitrogen and oxygen atoms in total. The Morgan fingerprint density at radius 1 is 1.00 bits per heavy atom. The molecule has 0 aliphatic heterocycles. The second-order valence-corrected chi connectivity index (χ2v) is 5.72. The number of anilines is 2. The highest BCUT2D eigenvalue weighted by molar-refractivity contribution is 5.93. The average molecular weight is 343 g/mol. The standard InChI is InChI=1S/C18H18FN3O3/c19-15-3-1-2-4-16(15)25-11-17(23)20-12-5-7-13(8-6-12)21-18(24)22-14-9-10-14/h1-8,14H,9-11H2,(H,20,23)(H2,21,22,24). The number of ether oxygens (including phenoxy) is 1. The summed E-state index contributed by atoms with van der Waals surface area (Å²) in [6.45, 7) is -0.301. The third kappa shape index (κ3) is 5.20. The second kappa shape index (κ2) is 7.65. The lowest BCUT2D eigenvalue weighted by Gasteiger charge is -2.09. The van der Waals surface area contributed by atoms with Crippen LogP contribution >= 0.6 is 0 Å². The molecule has 0 radical (unpaired) electrons. The predicted octanol–water partition coefficient (Wildman–Crippen LogP) is 3.13. The molecule has 2 aromatic carbocycles. The molecule has 2 aromatic rings. The number of halogens is 1. The lowest BCUT2D eigenvalue weighted by Crippen LogP contribution is -2.30. The monoisotopic (exact) mass is 343 g/mol. The summed E-state index contributed by atoms with van der Waals surface area (Å²) in [5, 5.41) is 8.18. The van der Waals surface area contributed by atoms with E-state index in [2.05, 4.69) is 16.0 Å². The molecule has 1 aliphatic rings. The summed E-state index contributed by atoms with van der Waals surface area (Å²) in [7, 11) is 0. The Morgan fingerprint density at radius 3 is 2.28 bits per heavy atom. The van der Waals surface area contributed by atoms with Gasteiger partial charge in [0.05, 0.1) is 0 Å². The van der Waals surface area contributed by atoms with Crippen molar-refractivity contribution in [2.45, 2.75) is 18.9 Å². The summed E-state index contributed by atoms with van der Waals surface area (Å²) in [5.41, 5.74) is 1.18. The summed E-state index contributed by atoms with van der Waals surface area (Å²) in [6.07, 6.45) is 2.04. The van der Waals surface area contributed by atoms with Gasteiger partial charge in [-0.05, 0) is 49.2 Å². The van der Waals surface area contributed by atoms with E-state index in [0.717, 1.165) is 12.8 Å². The molecule has 130 valence electrons. The molecule has 0 unspecified atom stereocenters. The Bertz CT molecular complexity index is 760. The van der Waals surface area contributed by atoms with Gasteiger partial charge in [0.25, 0.3) is 5.91 Å². The first kappa shape index (κ1) is 16.8. The Balaban J connectivity index is 1.46. The van der Waals surface area contributed by atoms with E-state index in [1.165, 1.54) is 12.1 Å². The molecule has 3 rings (SSSR count). The molecule has 0 spiro atoms. The van der Waals surface area contributed by atoms with Crippen molar-refractivity contribution in [3.8, 4) is 5.75 Å². The van der Waals surface area contributed by atoms with Crippen LogP contribution in [0.25, 0.3) is 0 Å². The van der Waals surface area contributed by atoms with Gasteiger partial charge in [0.1, 0.15) is 0 Å². The van der Waals surface area contributed by atoms with Crippen molar-refractivity contribution in [3.63, 3.8) is 0 Å². The van der Waals surface area contributed by atoms with E-state index in [4.69, 9.17) is 4.74 Å². The third-order valence-electron chi connectivity index (χ3n) is 3.53. The molecule has 0 bridgehead atoms. The van der Waals surface area contributed by atoms with Crippen molar-refractivity contribution in [3.05, 3.63) is 54.3 Å². The molecule has 0 saturated heterocycles. The van der Waals surface area contributed by atoms with Gasteiger partial charge in [-0.25, -0.2) is 9.18 Å². The smallest absolute Gasteiger partial charge is 0.319 e. The number of para-hydroxylation sites is 1. The van der Waals surface area contributed by atoms with Crippen LogP contribution in [-0.4, -0.2) is 24.6 Å². The van der Waals surface area contributed by atoms with Gasteiger partial charge in [-0.3, -0.25) is 4.79 Å². The maximum Gasteiger partial charge on any atom is 0.319 e. The molecule has 0 atom stereocenters. The number of carbonyl (C=O) groups is 2. The third-order valence-corrected chi connectivity index (χ3v) is 3.53. The normalized spacial score (nSPS) is 13.0. The van der Waals surface area contributed by atoms with E-state index in [-0.39, 0.29) is 24.4 Å². The Labute approximate surface area is 144 Å². The van der Waals surface area contributed by atoms with E-state index >= 15 is 0 Å². The summed E-state index contributed by atoms with van der Waals surface area (Å²) in [6, 6.07) is 12.6.